The van der Waals surface area contributed by atoms with Gasteiger partial charge in [0.15, 0.2) is 5.96 Å². The zero-order valence-electron chi connectivity index (χ0n) is 17.5. The maximum Gasteiger partial charge on any atom is 0.433 e. The lowest BCUT2D eigenvalue weighted by molar-refractivity contribution is -0.141. The van der Waals surface area contributed by atoms with E-state index in [1.54, 1.807) is 7.11 Å². The molecule has 1 aromatic heterocycles. The van der Waals surface area contributed by atoms with Crippen LogP contribution in [0.25, 0.3) is 0 Å². The molecule has 8 nitrogen and oxygen atoms in total. The van der Waals surface area contributed by atoms with Crippen LogP contribution in [0.4, 0.5) is 19.1 Å². The van der Waals surface area contributed by atoms with Gasteiger partial charge in [0, 0.05) is 52.7 Å². The Bertz CT molecular complexity index is 651. The van der Waals surface area contributed by atoms with Crippen molar-refractivity contribution >= 4 is 11.9 Å². The number of halogens is 3. The topological polar surface area (TPSA) is 83.9 Å². The highest BCUT2D eigenvalue weighted by atomic mass is 19.4. The summed E-state index contributed by atoms with van der Waals surface area (Å²) in [5, 5.41) is 6.06. The van der Waals surface area contributed by atoms with Crippen LogP contribution < -0.4 is 10.6 Å². The minimum absolute atomic E-state index is 0.0588. The molecule has 1 saturated heterocycles. The van der Waals surface area contributed by atoms with Crippen LogP contribution in [-0.2, 0) is 15.7 Å². The zero-order chi connectivity index (χ0) is 21.8. The summed E-state index contributed by atoms with van der Waals surface area (Å²) in [5.41, 5.74) is -0.968. The number of nitrogens with zero attached hydrogens (tertiary/aromatic N) is 4. The summed E-state index contributed by atoms with van der Waals surface area (Å²) in [5.74, 6) is 0.735. The number of nitrogens with one attached hydrogen (secondary N) is 2. The summed E-state index contributed by atoms with van der Waals surface area (Å²) in [7, 11) is 1.68. The van der Waals surface area contributed by atoms with Crippen LogP contribution in [0, 0.1) is 0 Å². The Labute approximate surface area is 175 Å². The Hall–Kier alpha value is -2.14. The van der Waals surface area contributed by atoms with Crippen molar-refractivity contribution in [3.8, 4) is 0 Å². The number of methoxy groups -OCH3 is 1. The highest BCUT2D eigenvalue weighted by Crippen LogP contribution is 2.27. The molecule has 1 aliphatic rings. The molecule has 1 aromatic rings. The van der Waals surface area contributed by atoms with Crippen LogP contribution in [0.5, 0.6) is 0 Å². The normalized spacial score (nSPS) is 16.0. The molecule has 0 aliphatic carbocycles. The van der Waals surface area contributed by atoms with Gasteiger partial charge in [0.2, 0.25) is 5.95 Å². The first kappa shape index (κ1) is 24.1. The van der Waals surface area contributed by atoms with Gasteiger partial charge in [-0.2, -0.15) is 13.2 Å². The fraction of sp³-hybridized carbons (Fsp3) is 0.737. The fourth-order valence-electron chi connectivity index (χ4n) is 3.04. The van der Waals surface area contributed by atoms with Crippen LogP contribution in [0.2, 0.25) is 0 Å². The molecule has 2 N–H and O–H groups in total. The monoisotopic (exact) mass is 432 g/mol. The first-order chi connectivity index (χ1) is 14.4. The van der Waals surface area contributed by atoms with E-state index in [9.17, 15) is 13.2 Å². The van der Waals surface area contributed by atoms with Gasteiger partial charge in [-0.15, -0.1) is 0 Å². The third-order valence-corrected chi connectivity index (χ3v) is 4.53. The van der Waals surface area contributed by atoms with Crippen LogP contribution in [0.1, 0.15) is 31.9 Å². The lowest BCUT2D eigenvalue weighted by Gasteiger charge is -2.34. The summed E-state index contributed by atoms with van der Waals surface area (Å²) in [4.78, 5) is 14.1. The number of ether oxygens (including phenoxy) is 2. The second-order valence-corrected chi connectivity index (χ2v) is 6.83. The molecule has 0 unspecified atom stereocenters. The molecule has 0 spiro atoms. The van der Waals surface area contributed by atoms with Crippen LogP contribution in [0.3, 0.4) is 0 Å². The molecular weight excluding hydrogens is 401 g/mol. The Kier molecular flexibility index (Phi) is 10.1. The van der Waals surface area contributed by atoms with E-state index in [0.717, 1.165) is 57.1 Å². The number of likely N-dealkylation sites (tertiary alicyclic amines) is 1. The van der Waals surface area contributed by atoms with Gasteiger partial charge in [-0.05, 0) is 32.3 Å². The van der Waals surface area contributed by atoms with Crippen molar-refractivity contribution in [1.29, 1.82) is 0 Å². The molecule has 0 saturated carbocycles. The molecule has 0 amide bonds. The van der Waals surface area contributed by atoms with Crippen LogP contribution >= 0.6 is 0 Å². The summed E-state index contributed by atoms with van der Waals surface area (Å²) < 4.78 is 49.1. The zero-order valence-corrected chi connectivity index (χ0v) is 17.5. The number of rotatable bonds is 10. The van der Waals surface area contributed by atoms with Crippen molar-refractivity contribution in [2.75, 3.05) is 58.4 Å². The Morgan fingerprint density at radius 3 is 2.73 bits per heavy atom. The lowest BCUT2D eigenvalue weighted by Crippen LogP contribution is -2.47. The summed E-state index contributed by atoms with van der Waals surface area (Å²) in [6.07, 6.45) is -0.409. The van der Waals surface area contributed by atoms with Crippen molar-refractivity contribution in [3.05, 3.63) is 18.0 Å². The largest absolute Gasteiger partial charge is 0.433 e. The van der Waals surface area contributed by atoms with E-state index in [4.69, 9.17) is 9.47 Å². The first-order valence-corrected chi connectivity index (χ1v) is 10.2. The predicted octanol–water partition coefficient (Wildman–Crippen LogP) is 2.39. The third kappa shape index (κ3) is 8.31. The second-order valence-electron chi connectivity index (χ2n) is 6.83. The molecule has 0 bridgehead atoms. The number of anilines is 1. The first-order valence-electron chi connectivity index (χ1n) is 10.2. The van der Waals surface area contributed by atoms with E-state index >= 15 is 0 Å². The van der Waals surface area contributed by atoms with Crippen molar-refractivity contribution in [3.63, 3.8) is 0 Å². The number of aromatic nitrogens is 2. The van der Waals surface area contributed by atoms with Gasteiger partial charge in [0.1, 0.15) is 5.69 Å². The van der Waals surface area contributed by atoms with Gasteiger partial charge in [0.05, 0.1) is 12.6 Å². The van der Waals surface area contributed by atoms with Crippen molar-refractivity contribution in [1.82, 2.24) is 20.2 Å². The number of hydrogen-bond acceptors (Lipinski definition) is 6. The molecule has 1 fully saturated rings. The average Bonchev–Trinajstić information content (AvgIpc) is 2.73. The van der Waals surface area contributed by atoms with E-state index in [-0.39, 0.29) is 12.1 Å². The molecular formula is C19H31F3N6O2. The molecule has 2 rings (SSSR count). The molecule has 1 aliphatic heterocycles. The summed E-state index contributed by atoms with van der Waals surface area (Å²) in [6.45, 7) is 6.53. The van der Waals surface area contributed by atoms with Gasteiger partial charge in [-0.1, -0.05) is 0 Å². The molecule has 0 radical (unpaired) electrons. The van der Waals surface area contributed by atoms with E-state index < -0.39 is 11.9 Å². The average molecular weight is 432 g/mol. The number of hydrogen-bond donors (Lipinski definition) is 2. The Morgan fingerprint density at radius 1 is 1.30 bits per heavy atom. The van der Waals surface area contributed by atoms with E-state index in [2.05, 4.69) is 30.5 Å². The molecule has 11 heteroatoms. The number of guanidine groups is 1. The summed E-state index contributed by atoms with van der Waals surface area (Å²) in [6, 6.07) is 0.845. The number of alkyl halides is 3. The lowest BCUT2D eigenvalue weighted by atomic mass is 10.1. The van der Waals surface area contributed by atoms with E-state index in [0.29, 0.717) is 26.3 Å². The van der Waals surface area contributed by atoms with Gasteiger partial charge < -0.3 is 25.0 Å². The Balaban J connectivity index is 1.78. The van der Waals surface area contributed by atoms with Gasteiger partial charge in [-0.25, -0.2) is 9.97 Å². The molecule has 0 aromatic carbocycles. The van der Waals surface area contributed by atoms with Crippen molar-refractivity contribution in [2.45, 2.75) is 38.5 Å². The highest BCUT2D eigenvalue weighted by Gasteiger charge is 2.32. The van der Waals surface area contributed by atoms with E-state index in [1.165, 1.54) is 0 Å². The maximum atomic E-state index is 12.7. The predicted molar refractivity (Wildman–Crippen MR) is 109 cm³/mol. The van der Waals surface area contributed by atoms with Crippen molar-refractivity contribution < 1.29 is 22.6 Å². The SMILES string of the molecule is CCNC(=NCCNc1nccc(C(F)(F)F)n1)N1CCC(OCCCOC)CC1. The fourth-order valence-corrected chi connectivity index (χ4v) is 3.04. The van der Waals surface area contributed by atoms with Crippen molar-refractivity contribution in [2.24, 2.45) is 4.99 Å². The Morgan fingerprint density at radius 2 is 2.07 bits per heavy atom. The van der Waals surface area contributed by atoms with Gasteiger partial charge in [0.25, 0.3) is 0 Å². The maximum absolute atomic E-state index is 12.7. The highest BCUT2D eigenvalue weighted by molar-refractivity contribution is 5.80. The molecule has 30 heavy (non-hydrogen) atoms. The smallest absolute Gasteiger partial charge is 0.385 e. The third-order valence-electron chi connectivity index (χ3n) is 4.53. The minimum Gasteiger partial charge on any atom is -0.385 e. The number of piperidine rings is 1. The molecule has 2 heterocycles. The standard InChI is InChI=1S/C19H31F3N6O2/c1-3-23-18(28-11-6-15(7-12-28)30-14-4-13-29-2)26-10-9-25-17-24-8-5-16(27-17)19(20,21)22/h5,8,15H,3-4,6-7,9-14H2,1-2H3,(H,23,26)(H,24,25,27). The second kappa shape index (κ2) is 12.5. The summed E-state index contributed by atoms with van der Waals surface area (Å²) >= 11 is 0. The van der Waals surface area contributed by atoms with Crippen LogP contribution in [0.15, 0.2) is 17.3 Å². The number of aliphatic imine (C=N–C) groups is 1. The van der Waals surface area contributed by atoms with Gasteiger partial charge >= 0.3 is 6.18 Å². The molecule has 170 valence electrons. The van der Waals surface area contributed by atoms with E-state index in [1.807, 2.05) is 6.92 Å². The molecule has 0 atom stereocenters. The van der Waals surface area contributed by atoms with Gasteiger partial charge in [-0.3, -0.25) is 4.99 Å². The quantitative estimate of drug-likeness (QED) is 0.334. The van der Waals surface area contributed by atoms with Crippen LogP contribution in [-0.4, -0.2) is 80.0 Å². The minimum atomic E-state index is -4.49.